The van der Waals surface area contributed by atoms with Gasteiger partial charge in [0.1, 0.15) is 12.1 Å². The second-order valence-electron chi connectivity index (χ2n) is 8.05. The molecule has 0 heterocycles. The SMILES string of the molecule is CCOC(=O)C(CSN[C@@H](CS)C(=O)S)NC(=O)c1ccc(C(=O)NC(CSSN[C@@H](C=S)CO)C(=O)OCC)cc1. The Hall–Kier alpha value is -1.51. The average molecular weight is 699 g/mol. The fraction of sp³-hybridized carbons (Fsp3) is 0.500. The number of nitrogens with one attached hydrogen (secondary N) is 4. The van der Waals surface area contributed by atoms with Crippen molar-refractivity contribution in [3.63, 3.8) is 0 Å². The van der Waals surface area contributed by atoms with Crippen molar-refractivity contribution in [2.75, 3.05) is 37.1 Å². The first-order valence-electron chi connectivity index (χ1n) is 12.5. The van der Waals surface area contributed by atoms with E-state index in [0.717, 1.165) is 11.9 Å². The lowest BCUT2D eigenvalue weighted by atomic mass is 10.1. The van der Waals surface area contributed by atoms with Gasteiger partial charge in [0, 0.05) is 28.4 Å². The number of esters is 2. The van der Waals surface area contributed by atoms with Gasteiger partial charge < -0.3 is 25.2 Å². The third-order valence-electron chi connectivity index (χ3n) is 4.97. The highest BCUT2D eigenvalue weighted by Gasteiger charge is 2.25. The van der Waals surface area contributed by atoms with E-state index in [4.69, 9.17) is 21.7 Å². The quantitative estimate of drug-likeness (QED) is 0.0244. The van der Waals surface area contributed by atoms with Crippen molar-refractivity contribution in [3.8, 4) is 0 Å². The number of amides is 2. The summed E-state index contributed by atoms with van der Waals surface area (Å²) in [6.45, 7) is 3.35. The second kappa shape index (κ2) is 22.1. The zero-order valence-corrected chi connectivity index (χ0v) is 27.8. The Morgan fingerprint density at radius 2 is 1.40 bits per heavy atom. The van der Waals surface area contributed by atoms with Crippen LogP contribution >= 0.6 is 71.2 Å². The minimum absolute atomic E-state index is 0.0592. The summed E-state index contributed by atoms with van der Waals surface area (Å²) in [6, 6.07) is 2.59. The molecule has 0 bridgehead atoms. The Kier molecular flexibility index (Phi) is 20.2. The molecule has 234 valence electrons. The van der Waals surface area contributed by atoms with Gasteiger partial charge in [-0.15, -0.1) is 12.6 Å². The van der Waals surface area contributed by atoms with E-state index in [-0.39, 0.29) is 48.2 Å². The number of benzene rings is 1. The first-order chi connectivity index (χ1) is 20.1. The van der Waals surface area contributed by atoms with Crippen LogP contribution in [0.2, 0.25) is 0 Å². The van der Waals surface area contributed by atoms with Crippen LogP contribution in [0.4, 0.5) is 0 Å². The number of hydrogen-bond donors (Lipinski definition) is 7. The summed E-state index contributed by atoms with van der Waals surface area (Å²) in [5.41, 5.74) is 0.364. The maximum Gasteiger partial charge on any atom is 0.329 e. The van der Waals surface area contributed by atoms with E-state index in [1.807, 2.05) is 0 Å². The fourth-order valence-corrected chi connectivity index (χ4v) is 6.61. The van der Waals surface area contributed by atoms with E-state index >= 15 is 0 Å². The van der Waals surface area contributed by atoms with Gasteiger partial charge in [-0.05, 0) is 54.5 Å². The molecule has 5 N–H and O–H groups in total. The standard InChI is InChI=1S/C24H34N4O8S6/c1-3-35-22(32)18(12-40-28-17(11-38)24(34)39)25-20(30)14-5-7-15(8-6-14)21(31)26-19(23(33)36-4-2)13-41-42-27-16(9-29)10-37/h5-8,10,16-19,27-29,38H,3-4,9,11-13H2,1-2H3,(H,25,30)(H,26,31)(H,34,39)/t16-,17+,18?,19?/m1/s1. The molecule has 0 aromatic heterocycles. The number of rotatable bonds is 21. The van der Waals surface area contributed by atoms with Crippen LogP contribution in [0.5, 0.6) is 0 Å². The lowest BCUT2D eigenvalue weighted by Crippen LogP contribution is -2.45. The number of aliphatic hydroxyl groups excluding tert-OH is 1. The van der Waals surface area contributed by atoms with Crippen LogP contribution in [0.25, 0.3) is 0 Å². The van der Waals surface area contributed by atoms with Crippen LogP contribution in [0, 0.1) is 0 Å². The smallest absolute Gasteiger partial charge is 0.329 e. The number of ether oxygens (including phenoxy) is 2. The fourth-order valence-electron chi connectivity index (χ4n) is 2.78. The van der Waals surface area contributed by atoms with Gasteiger partial charge in [-0.3, -0.25) is 19.1 Å². The van der Waals surface area contributed by atoms with Crippen LogP contribution in [-0.4, -0.2) is 101 Å². The molecule has 42 heavy (non-hydrogen) atoms. The molecule has 12 nitrogen and oxygen atoms in total. The molecule has 4 atom stereocenters. The third kappa shape index (κ3) is 14.3. The normalized spacial score (nSPS) is 13.6. The molecule has 0 saturated heterocycles. The molecule has 2 amide bonds. The molecule has 1 aromatic carbocycles. The molecule has 1 rings (SSSR count). The Morgan fingerprint density at radius 1 is 0.905 bits per heavy atom. The Balaban J connectivity index is 2.84. The van der Waals surface area contributed by atoms with Crippen LogP contribution < -0.4 is 20.1 Å². The molecule has 1 aromatic rings. The molecular formula is C24H34N4O8S6. The molecule has 0 radical (unpaired) electrons. The van der Waals surface area contributed by atoms with Crippen LogP contribution in [0.15, 0.2) is 24.3 Å². The number of thiocarbonyl (C=S) groups is 1. The van der Waals surface area contributed by atoms with Crippen molar-refractivity contribution in [2.24, 2.45) is 0 Å². The number of aliphatic hydroxyl groups is 1. The van der Waals surface area contributed by atoms with E-state index in [1.165, 1.54) is 51.4 Å². The molecular weight excluding hydrogens is 665 g/mol. The Bertz CT molecular complexity index is 1050. The zero-order chi connectivity index (χ0) is 31.5. The lowest BCUT2D eigenvalue weighted by molar-refractivity contribution is -0.145. The molecule has 0 fully saturated rings. The van der Waals surface area contributed by atoms with E-state index in [1.54, 1.807) is 13.8 Å². The summed E-state index contributed by atoms with van der Waals surface area (Å²) in [5, 5.41) is 15.4. The highest BCUT2D eigenvalue weighted by molar-refractivity contribution is 8.76. The Labute approximate surface area is 273 Å². The monoisotopic (exact) mass is 698 g/mol. The first-order valence-corrected chi connectivity index (χ1v) is 17.3. The van der Waals surface area contributed by atoms with Crippen LogP contribution in [0.3, 0.4) is 0 Å². The molecule has 2 unspecified atom stereocenters. The molecule has 0 aliphatic heterocycles. The maximum atomic E-state index is 12.9. The lowest BCUT2D eigenvalue weighted by Gasteiger charge is -2.19. The number of carbonyl (C=O) groups is 5. The van der Waals surface area contributed by atoms with Gasteiger partial charge in [-0.25, -0.2) is 14.3 Å². The van der Waals surface area contributed by atoms with Crippen molar-refractivity contribution >= 4 is 105 Å². The highest BCUT2D eigenvalue weighted by Crippen LogP contribution is 2.20. The predicted molar refractivity (Wildman–Crippen MR) is 177 cm³/mol. The van der Waals surface area contributed by atoms with Gasteiger partial charge in [0.05, 0.1) is 31.9 Å². The van der Waals surface area contributed by atoms with Crippen LogP contribution in [-0.2, 0) is 23.9 Å². The molecule has 0 saturated carbocycles. The zero-order valence-electron chi connectivity index (χ0n) is 22.8. The molecule has 0 spiro atoms. The summed E-state index contributed by atoms with van der Waals surface area (Å²) in [7, 11) is 2.40. The van der Waals surface area contributed by atoms with Crippen LogP contribution in [0.1, 0.15) is 34.6 Å². The predicted octanol–water partition coefficient (Wildman–Crippen LogP) is 1.25. The van der Waals surface area contributed by atoms with Crippen molar-refractivity contribution < 1.29 is 38.6 Å². The Morgan fingerprint density at radius 3 is 1.81 bits per heavy atom. The molecule has 0 aliphatic carbocycles. The minimum Gasteiger partial charge on any atom is -0.464 e. The summed E-state index contributed by atoms with van der Waals surface area (Å²) in [5.74, 6) is -1.99. The van der Waals surface area contributed by atoms with Crippen molar-refractivity contribution in [1.82, 2.24) is 20.1 Å². The maximum absolute atomic E-state index is 12.9. The minimum atomic E-state index is -1.03. The number of thiol groups is 2. The number of hydrogen-bond acceptors (Lipinski definition) is 15. The second-order valence-corrected chi connectivity index (χ2v) is 12.2. The van der Waals surface area contributed by atoms with Gasteiger partial charge >= 0.3 is 11.9 Å². The summed E-state index contributed by atoms with van der Waals surface area (Å²) < 4.78 is 15.9. The number of carbonyl (C=O) groups excluding carboxylic acids is 5. The topological polar surface area (TPSA) is 172 Å². The first kappa shape index (κ1) is 38.5. The van der Waals surface area contributed by atoms with Gasteiger partial charge in [-0.2, -0.15) is 12.6 Å². The van der Waals surface area contributed by atoms with Crippen molar-refractivity contribution in [3.05, 3.63) is 35.4 Å². The van der Waals surface area contributed by atoms with Crippen molar-refractivity contribution in [2.45, 2.75) is 38.0 Å². The summed E-state index contributed by atoms with van der Waals surface area (Å²) in [6.07, 6.45) is 0. The van der Waals surface area contributed by atoms with Gasteiger partial charge in [0.15, 0.2) is 0 Å². The van der Waals surface area contributed by atoms with E-state index < -0.39 is 53.0 Å². The van der Waals surface area contributed by atoms with Gasteiger partial charge in [-0.1, -0.05) is 35.0 Å². The largest absolute Gasteiger partial charge is 0.464 e. The third-order valence-corrected chi connectivity index (χ3v) is 8.97. The van der Waals surface area contributed by atoms with Gasteiger partial charge in [0.2, 0.25) is 5.12 Å². The average Bonchev–Trinajstić information content (AvgIpc) is 2.98. The summed E-state index contributed by atoms with van der Waals surface area (Å²) >= 11 is 13.7. The molecule has 0 aliphatic rings. The van der Waals surface area contributed by atoms with E-state index in [9.17, 15) is 29.1 Å². The van der Waals surface area contributed by atoms with E-state index in [2.05, 4.69) is 45.3 Å². The van der Waals surface area contributed by atoms with Gasteiger partial charge in [0.25, 0.3) is 11.8 Å². The molecule has 18 heteroatoms. The summed E-state index contributed by atoms with van der Waals surface area (Å²) in [4.78, 5) is 62.0. The van der Waals surface area contributed by atoms with E-state index in [0.29, 0.717) is 0 Å². The van der Waals surface area contributed by atoms with Crippen molar-refractivity contribution in [1.29, 1.82) is 0 Å². The highest BCUT2D eigenvalue weighted by atomic mass is 33.1.